The van der Waals surface area contributed by atoms with Crippen molar-refractivity contribution in [3.63, 3.8) is 0 Å². The lowest BCUT2D eigenvalue weighted by molar-refractivity contribution is -0.122. The van der Waals surface area contributed by atoms with Gasteiger partial charge in [-0.2, -0.15) is 0 Å². The van der Waals surface area contributed by atoms with Crippen molar-refractivity contribution >= 4 is 19.8 Å². The third-order valence-corrected chi connectivity index (χ3v) is 5.93. The zero-order valence-electron chi connectivity index (χ0n) is 14.7. The summed E-state index contributed by atoms with van der Waals surface area (Å²) >= 11 is 0. The lowest BCUT2D eigenvalue weighted by atomic mass is 9.95. The number of ketones is 1. The third-order valence-electron chi connectivity index (χ3n) is 4.23. The van der Waals surface area contributed by atoms with E-state index in [1.165, 1.54) is 6.20 Å². The van der Waals surface area contributed by atoms with E-state index in [4.69, 9.17) is 10.5 Å². The van der Waals surface area contributed by atoms with Crippen LogP contribution in [-0.4, -0.2) is 48.5 Å². The van der Waals surface area contributed by atoms with Gasteiger partial charge < -0.3 is 20.4 Å². The van der Waals surface area contributed by atoms with Crippen LogP contribution in [0.5, 0.6) is 0 Å². The van der Waals surface area contributed by atoms with Gasteiger partial charge in [0.25, 0.3) is 0 Å². The lowest BCUT2D eigenvalue weighted by Crippen LogP contribution is -2.35. The van der Waals surface area contributed by atoms with E-state index >= 15 is 0 Å². The Kier molecular flexibility index (Phi) is 6.31. The molecule has 2 unspecified atom stereocenters. The molecule has 134 valence electrons. The first-order valence-corrected chi connectivity index (χ1v) is 12.1. The highest BCUT2D eigenvalue weighted by molar-refractivity contribution is 6.76. The second-order valence-electron chi connectivity index (χ2n) is 7.58. The van der Waals surface area contributed by atoms with Crippen LogP contribution < -0.4 is 11.1 Å². The van der Waals surface area contributed by atoms with Crippen molar-refractivity contribution in [1.82, 2.24) is 14.9 Å². The number of nitrogens with zero attached hydrogens (tertiary/aromatic N) is 2. The largest absolute Gasteiger partial charge is 0.361 e. The summed E-state index contributed by atoms with van der Waals surface area (Å²) in [5.41, 5.74) is 6.46. The monoisotopic (exact) mass is 352 g/mol. The number of ether oxygens (including phenoxy) is 1. The van der Waals surface area contributed by atoms with E-state index in [1.807, 2.05) is 0 Å². The molecule has 7 nitrogen and oxygen atoms in total. The first-order valence-electron chi connectivity index (χ1n) is 8.43. The summed E-state index contributed by atoms with van der Waals surface area (Å²) in [4.78, 5) is 28.2. The molecule has 0 spiro atoms. The number of imidazole rings is 1. The number of hydrogen-bond donors (Lipinski definition) is 2. The Labute approximate surface area is 144 Å². The van der Waals surface area contributed by atoms with Crippen molar-refractivity contribution in [2.24, 2.45) is 11.7 Å². The van der Waals surface area contributed by atoms with E-state index in [-0.39, 0.29) is 17.6 Å². The molecule has 0 radical (unpaired) electrons. The van der Waals surface area contributed by atoms with E-state index in [0.29, 0.717) is 32.0 Å². The van der Waals surface area contributed by atoms with Gasteiger partial charge in [-0.15, -0.1) is 0 Å². The Hall–Kier alpha value is -1.51. The average Bonchev–Trinajstić information content (AvgIpc) is 3.11. The summed E-state index contributed by atoms with van der Waals surface area (Å²) in [5.74, 6) is -0.379. The molecule has 0 aliphatic carbocycles. The molecule has 0 bridgehead atoms. The number of nitrogens with two attached hydrogens (primary N) is 1. The fourth-order valence-corrected chi connectivity index (χ4v) is 3.40. The smallest absolute Gasteiger partial charge is 0.223 e. The summed E-state index contributed by atoms with van der Waals surface area (Å²) in [7, 11) is -1.13. The minimum Gasteiger partial charge on any atom is -0.361 e. The Balaban J connectivity index is 1.88. The zero-order valence-corrected chi connectivity index (χ0v) is 15.7. The average molecular weight is 353 g/mol. The normalized spacial score (nSPS) is 19.3. The van der Waals surface area contributed by atoms with Gasteiger partial charge in [0.1, 0.15) is 12.4 Å². The summed E-state index contributed by atoms with van der Waals surface area (Å²) in [6.45, 7) is 8.51. The quantitative estimate of drug-likeness (QED) is 0.396. The van der Waals surface area contributed by atoms with Crippen LogP contribution in [0.3, 0.4) is 0 Å². The molecule has 2 rings (SSSR count). The molecule has 2 atom stereocenters. The molecule has 0 aromatic carbocycles. The van der Waals surface area contributed by atoms with Crippen LogP contribution in [0.15, 0.2) is 12.5 Å². The predicted octanol–water partition coefficient (Wildman–Crippen LogP) is 1.23. The predicted molar refractivity (Wildman–Crippen MR) is 94.4 cm³/mol. The molecule has 1 aromatic rings. The maximum Gasteiger partial charge on any atom is 0.223 e. The fraction of sp³-hybridized carbons (Fsp3) is 0.688. The maximum absolute atomic E-state index is 12.5. The fourth-order valence-electron chi connectivity index (χ4n) is 2.64. The van der Waals surface area contributed by atoms with Crippen LogP contribution in [0, 0.1) is 5.92 Å². The Bertz CT molecular complexity index is 582. The van der Waals surface area contributed by atoms with E-state index in [9.17, 15) is 9.59 Å². The van der Waals surface area contributed by atoms with E-state index in [2.05, 4.69) is 29.9 Å². The van der Waals surface area contributed by atoms with E-state index in [1.54, 1.807) is 10.9 Å². The second kappa shape index (κ2) is 8.04. The molecule has 8 heteroatoms. The van der Waals surface area contributed by atoms with Gasteiger partial charge in [-0.3, -0.25) is 9.59 Å². The first-order chi connectivity index (χ1) is 11.3. The molecule has 0 saturated carbocycles. The Morgan fingerprint density at radius 1 is 1.54 bits per heavy atom. The number of carbonyl (C=O) groups excluding carboxylic acids is 2. The zero-order chi connectivity index (χ0) is 17.7. The maximum atomic E-state index is 12.5. The Morgan fingerprint density at radius 3 is 2.92 bits per heavy atom. The molecule has 1 aliphatic rings. The molecule has 1 aliphatic heterocycles. The van der Waals surface area contributed by atoms with E-state index < -0.39 is 14.1 Å². The van der Waals surface area contributed by atoms with Gasteiger partial charge in [0.05, 0.1) is 18.6 Å². The lowest BCUT2D eigenvalue weighted by Gasteiger charge is -2.17. The number of carbonyl (C=O) groups is 2. The van der Waals surface area contributed by atoms with Crippen LogP contribution in [0.1, 0.15) is 23.3 Å². The van der Waals surface area contributed by atoms with E-state index in [0.717, 1.165) is 12.5 Å². The minimum atomic E-state index is -1.13. The van der Waals surface area contributed by atoms with Crippen molar-refractivity contribution in [2.75, 3.05) is 13.2 Å². The molecule has 2 heterocycles. The number of amides is 1. The number of hydrogen-bond acceptors (Lipinski definition) is 5. The molecular formula is C16H28N4O3Si. The standard InChI is InChI=1S/C16H28N4O3Si/c1-24(2,3)7-6-23-11-20-10-18-9-14(20)15(21)13(17)8-12-4-5-19-16(12)22/h9-10,12-13H,4-8,11,17H2,1-3H3,(H,19,22). The first kappa shape index (κ1) is 18.8. The summed E-state index contributed by atoms with van der Waals surface area (Å²) in [6, 6.07) is 0.373. The highest BCUT2D eigenvalue weighted by Crippen LogP contribution is 2.17. The van der Waals surface area contributed by atoms with Crippen LogP contribution in [0.4, 0.5) is 0 Å². The van der Waals surface area contributed by atoms with Crippen molar-refractivity contribution < 1.29 is 14.3 Å². The molecule has 1 saturated heterocycles. The molecule has 1 fully saturated rings. The van der Waals surface area contributed by atoms with Crippen molar-refractivity contribution in [1.29, 1.82) is 0 Å². The number of nitrogens with one attached hydrogen (secondary N) is 1. The highest BCUT2D eigenvalue weighted by Gasteiger charge is 2.29. The topological polar surface area (TPSA) is 99.2 Å². The molecule has 24 heavy (non-hydrogen) atoms. The molecular weight excluding hydrogens is 324 g/mol. The number of aromatic nitrogens is 2. The van der Waals surface area contributed by atoms with Gasteiger partial charge >= 0.3 is 0 Å². The van der Waals surface area contributed by atoms with Gasteiger partial charge in [0, 0.05) is 27.1 Å². The summed E-state index contributed by atoms with van der Waals surface area (Å²) < 4.78 is 7.36. The van der Waals surface area contributed by atoms with Crippen LogP contribution >= 0.6 is 0 Å². The molecule has 3 N–H and O–H groups in total. The second-order valence-corrected chi connectivity index (χ2v) is 13.2. The molecule has 1 amide bonds. The van der Waals surface area contributed by atoms with Crippen LogP contribution in [0.2, 0.25) is 25.7 Å². The van der Waals surface area contributed by atoms with Gasteiger partial charge in [0.15, 0.2) is 5.78 Å². The minimum absolute atomic E-state index is 0.0126. The summed E-state index contributed by atoms with van der Waals surface area (Å²) in [5, 5.41) is 2.77. The Morgan fingerprint density at radius 2 is 2.29 bits per heavy atom. The van der Waals surface area contributed by atoms with Gasteiger partial charge in [-0.05, 0) is 18.9 Å². The van der Waals surface area contributed by atoms with Crippen molar-refractivity contribution in [3.05, 3.63) is 18.2 Å². The van der Waals surface area contributed by atoms with Crippen molar-refractivity contribution in [2.45, 2.75) is 51.3 Å². The third kappa shape index (κ3) is 5.25. The van der Waals surface area contributed by atoms with Gasteiger partial charge in [0.2, 0.25) is 5.91 Å². The van der Waals surface area contributed by atoms with Gasteiger partial charge in [-0.25, -0.2) is 4.98 Å². The van der Waals surface area contributed by atoms with Crippen LogP contribution in [-0.2, 0) is 16.3 Å². The SMILES string of the molecule is C[Si](C)(C)CCOCn1cncc1C(=O)C(N)CC1CCNC1=O. The highest BCUT2D eigenvalue weighted by atomic mass is 28.3. The molecule has 1 aromatic heterocycles. The van der Waals surface area contributed by atoms with Crippen molar-refractivity contribution in [3.8, 4) is 0 Å². The van der Waals surface area contributed by atoms with Gasteiger partial charge in [-0.1, -0.05) is 19.6 Å². The number of rotatable bonds is 9. The van der Waals surface area contributed by atoms with Crippen LogP contribution in [0.25, 0.3) is 0 Å². The summed E-state index contributed by atoms with van der Waals surface area (Å²) in [6.07, 6.45) is 4.20. The number of Topliss-reactive ketones (excluding diaryl/α,β-unsaturated/α-hetero) is 1.